The van der Waals surface area contributed by atoms with Gasteiger partial charge in [-0.05, 0) is 24.3 Å². The van der Waals surface area contributed by atoms with E-state index < -0.39 is 0 Å². The summed E-state index contributed by atoms with van der Waals surface area (Å²) >= 11 is 5.79. The van der Waals surface area contributed by atoms with Crippen LogP contribution in [0.15, 0.2) is 36.7 Å². The van der Waals surface area contributed by atoms with Crippen molar-refractivity contribution in [2.75, 3.05) is 0 Å². The number of phenols is 1. The van der Waals surface area contributed by atoms with E-state index in [-0.39, 0.29) is 17.1 Å². The number of benzene rings is 1. The van der Waals surface area contributed by atoms with Gasteiger partial charge in [0.05, 0.1) is 5.56 Å². The van der Waals surface area contributed by atoms with Gasteiger partial charge in [-0.2, -0.15) is 0 Å². The average molecular weight is 236 g/mol. The Morgan fingerprint density at radius 2 is 2.12 bits per heavy atom. The molecule has 0 amide bonds. The van der Waals surface area contributed by atoms with Gasteiger partial charge < -0.3 is 9.67 Å². The van der Waals surface area contributed by atoms with Crippen molar-refractivity contribution in [2.24, 2.45) is 7.05 Å². The van der Waals surface area contributed by atoms with Crippen LogP contribution in [0.5, 0.6) is 5.75 Å². The molecule has 0 aliphatic rings. The summed E-state index contributed by atoms with van der Waals surface area (Å²) in [6, 6.07) is 6.12. The first-order chi connectivity index (χ1) is 7.58. The quantitative estimate of drug-likeness (QED) is 0.813. The van der Waals surface area contributed by atoms with E-state index >= 15 is 0 Å². The number of ketones is 1. The lowest BCUT2D eigenvalue weighted by Crippen LogP contribution is -2.00. The molecule has 1 aromatic heterocycles. The molecule has 82 valence electrons. The summed E-state index contributed by atoms with van der Waals surface area (Å²) in [5.41, 5.74) is 0.749. The summed E-state index contributed by atoms with van der Waals surface area (Å²) in [6.45, 7) is 0. The molecule has 4 heteroatoms. The number of carbonyl (C=O) groups excluding carboxylic acids is 1. The number of phenolic OH excluding ortho intramolecular Hbond substituents is 1. The molecule has 0 atom stereocenters. The van der Waals surface area contributed by atoms with E-state index in [1.165, 1.54) is 12.1 Å². The number of nitrogens with zero attached hydrogens (tertiary/aromatic N) is 1. The number of rotatable bonds is 2. The molecule has 0 fully saturated rings. The van der Waals surface area contributed by atoms with Gasteiger partial charge in [-0.1, -0.05) is 11.6 Å². The minimum atomic E-state index is -0.236. The zero-order valence-corrected chi connectivity index (χ0v) is 9.40. The van der Waals surface area contributed by atoms with Gasteiger partial charge in [0, 0.05) is 30.0 Å². The summed E-state index contributed by atoms with van der Waals surface area (Å²) in [6.07, 6.45) is 3.47. The Labute approximate surface area is 97.9 Å². The Balaban J connectivity index is 2.45. The molecule has 1 N–H and O–H groups in total. The molecule has 2 rings (SSSR count). The maximum absolute atomic E-state index is 12.0. The Hall–Kier alpha value is -1.74. The number of aryl methyl sites for hydroxylation is 1. The van der Waals surface area contributed by atoms with Crippen LogP contribution in [0.2, 0.25) is 5.02 Å². The molecule has 0 radical (unpaired) electrons. The fraction of sp³-hybridized carbons (Fsp3) is 0.0833. The third-order valence-corrected chi connectivity index (χ3v) is 2.53. The van der Waals surface area contributed by atoms with Crippen LogP contribution in [-0.2, 0) is 7.05 Å². The molecule has 0 aliphatic heterocycles. The monoisotopic (exact) mass is 235 g/mol. The molecule has 0 aliphatic carbocycles. The number of aromatic nitrogens is 1. The van der Waals surface area contributed by atoms with Crippen molar-refractivity contribution in [3.63, 3.8) is 0 Å². The number of hydrogen-bond acceptors (Lipinski definition) is 2. The van der Waals surface area contributed by atoms with Crippen LogP contribution < -0.4 is 0 Å². The average Bonchev–Trinajstić information content (AvgIpc) is 2.67. The molecule has 16 heavy (non-hydrogen) atoms. The van der Waals surface area contributed by atoms with Crippen molar-refractivity contribution in [1.82, 2.24) is 4.57 Å². The molecule has 1 heterocycles. The Kier molecular flexibility index (Phi) is 2.71. The molecule has 0 spiro atoms. The number of carbonyl (C=O) groups is 1. The van der Waals surface area contributed by atoms with Crippen molar-refractivity contribution >= 4 is 17.4 Å². The Morgan fingerprint density at radius 3 is 2.75 bits per heavy atom. The first-order valence-electron chi connectivity index (χ1n) is 4.73. The van der Waals surface area contributed by atoms with Crippen LogP contribution in [0.25, 0.3) is 0 Å². The van der Waals surface area contributed by atoms with Gasteiger partial charge in [0.2, 0.25) is 0 Å². The normalized spacial score (nSPS) is 10.4. The largest absolute Gasteiger partial charge is 0.507 e. The van der Waals surface area contributed by atoms with E-state index in [0.29, 0.717) is 10.6 Å². The van der Waals surface area contributed by atoms with Crippen molar-refractivity contribution in [3.8, 4) is 5.75 Å². The summed E-state index contributed by atoms with van der Waals surface area (Å²) < 4.78 is 1.77. The molecule has 0 saturated heterocycles. The maximum Gasteiger partial charge on any atom is 0.198 e. The Bertz CT molecular complexity index is 546. The third-order valence-electron chi connectivity index (χ3n) is 2.30. The summed E-state index contributed by atoms with van der Waals surface area (Å²) in [4.78, 5) is 12.0. The second kappa shape index (κ2) is 4.02. The van der Waals surface area contributed by atoms with Crippen LogP contribution in [0.3, 0.4) is 0 Å². The highest BCUT2D eigenvalue weighted by atomic mass is 35.5. The predicted molar refractivity (Wildman–Crippen MR) is 62.0 cm³/mol. The van der Waals surface area contributed by atoms with Crippen LogP contribution >= 0.6 is 11.6 Å². The molecule has 1 aromatic carbocycles. The van der Waals surface area contributed by atoms with Gasteiger partial charge in [0.15, 0.2) is 5.78 Å². The number of halogens is 1. The predicted octanol–water partition coefficient (Wildman–Crippen LogP) is 2.62. The van der Waals surface area contributed by atoms with Crippen LogP contribution in [0, 0.1) is 0 Å². The van der Waals surface area contributed by atoms with Gasteiger partial charge in [0.25, 0.3) is 0 Å². The SMILES string of the molecule is Cn1ccc(C(=O)c2cc(Cl)ccc2O)c1. The molecule has 0 saturated carbocycles. The maximum atomic E-state index is 12.0. The lowest BCUT2D eigenvalue weighted by Gasteiger charge is -2.02. The first kappa shape index (κ1) is 10.8. The summed E-state index contributed by atoms with van der Waals surface area (Å²) in [7, 11) is 1.83. The van der Waals surface area contributed by atoms with E-state index in [2.05, 4.69) is 0 Å². The third kappa shape index (κ3) is 1.95. The van der Waals surface area contributed by atoms with Gasteiger partial charge in [-0.3, -0.25) is 4.79 Å². The van der Waals surface area contributed by atoms with E-state index in [9.17, 15) is 9.90 Å². The highest BCUT2D eigenvalue weighted by Crippen LogP contribution is 2.24. The van der Waals surface area contributed by atoms with Crippen molar-refractivity contribution in [2.45, 2.75) is 0 Å². The lowest BCUT2D eigenvalue weighted by atomic mass is 10.1. The number of hydrogen-bond donors (Lipinski definition) is 1. The van der Waals surface area contributed by atoms with Crippen molar-refractivity contribution < 1.29 is 9.90 Å². The molecule has 0 bridgehead atoms. The fourth-order valence-electron chi connectivity index (χ4n) is 1.48. The van der Waals surface area contributed by atoms with Crippen LogP contribution in [-0.4, -0.2) is 15.5 Å². The van der Waals surface area contributed by atoms with Crippen molar-refractivity contribution in [1.29, 1.82) is 0 Å². The minimum absolute atomic E-state index is 0.0572. The van der Waals surface area contributed by atoms with E-state index in [1.807, 2.05) is 7.05 Å². The smallest absolute Gasteiger partial charge is 0.198 e. The zero-order chi connectivity index (χ0) is 11.7. The standard InChI is InChI=1S/C12H10ClNO2/c1-14-5-4-8(7-14)12(16)10-6-9(13)2-3-11(10)15/h2-7,15H,1H3. The second-order valence-corrected chi connectivity index (χ2v) is 3.99. The van der Waals surface area contributed by atoms with E-state index in [4.69, 9.17) is 11.6 Å². The molecular weight excluding hydrogens is 226 g/mol. The van der Waals surface area contributed by atoms with Gasteiger partial charge in [-0.25, -0.2) is 0 Å². The molecule has 3 nitrogen and oxygen atoms in total. The van der Waals surface area contributed by atoms with E-state index in [1.54, 1.807) is 29.1 Å². The topological polar surface area (TPSA) is 42.2 Å². The summed E-state index contributed by atoms with van der Waals surface area (Å²) in [5, 5.41) is 10.0. The Morgan fingerprint density at radius 1 is 1.38 bits per heavy atom. The molecular formula is C12H10ClNO2. The minimum Gasteiger partial charge on any atom is -0.507 e. The fourth-order valence-corrected chi connectivity index (χ4v) is 1.66. The molecule has 0 unspecified atom stereocenters. The highest BCUT2D eigenvalue weighted by molar-refractivity contribution is 6.31. The van der Waals surface area contributed by atoms with Crippen LogP contribution in [0.1, 0.15) is 15.9 Å². The van der Waals surface area contributed by atoms with Gasteiger partial charge in [-0.15, -0.1) is 0 Å². The van der Waals surface area contributed by atoms with E-state index in [0.717, 1.165) is 0 Å². The molecule has 2 aromatic rings. The first-order valence-corrected chi connectivity index (χ1v) is 5.11. The zero-order valence-electron chi connectivity index (χ0n) is 8.64. The number of aromatic hydroxyl groups is 1. The van der Waals surface area contributed by atoms with Gasteiger partial charge >= 0.3 is 0 Å². The lowest BCUT2D eigenvalue weighted by molar-refractivity contribution is 0.103. The van der Waals surface area contributed by atoms with Crippen molar-refractivity contribution in [3.05, 3.63) is 52.8 Å². The second-order valence-electron chi connectivity index (χ2n) is 3.56. The summed E-state index contributed by atoms with van der Waals surface area (Å²) in [5.74, 6) is -0.293. The highest BCUT2D eigenvalue weighted by Gasteiger charge is 2.14. The van der Waals surface area contributed by atoms with Crippen LogP contribution in [0.4, 0.5) is 0 Å². The van der Waals surface area contributed by atoms with Gasteiger partial charge in [0.1, 0.15) is 5.75 Å².